The van der Waals surface area contributed by atoms with Crippen LogP contribution in [0.25, 0.3) is 0 Å². The highest BCUT2D eigenvalue weighted by atomic mass is 32.2. The van der Waals surface area contributed by atoms with E-state index in [1.54, 1.807) is 18.9 Å². The topological polar surface area (TPSA) is 41.5 Å². The molecule has 0 aliphatic rings. The molecule has 0 amide bonds. The smallest absolute Gasteiger partial charge is 0.132 e. The Morgan fingerprint density at radius 3 is 2.67 bits per heavy atom. The Morgan fingerprint density at radius 2 is 2.11 bits per heavy atom. The van der Waals surface area contributed by atoms with Crippen molar-refractivity contribution in [3.05, 3.63) is 23.8 Å². The zero-order valence-electron chi connectivity index (χ0n) is 11.6. The van der Waals surface area contributed by atoms with Gasteiger partial charge in [-0.3, -0.25) is 0 Å². The van der Waals surface area contributed by atoms with Crippen LogP contribution in [0.15, 0.2) is 23.1 Å². The number of hydrogen-bond acceptors (Lipinski definition) is 4. The molecule has 0 radical (unpaired) electrons. The number of ether oxygens (including phenoxy) is 1. The van der Waals surface area contributed by atoms with Crippen LogP contribution in [0, 0.1) is 0 Å². The molecule has 18 heavy (non-hydrogen) atoms. The van der Waals surface area contributed by atoms with E-state index in [1.807, 2.05) is 12.3 Å². The maximum Gasteiger partial charge on any atom is 0.132 e. The van der Waals surface area contributed by atoms with Crippen LogP contribution in [0.3, 0.4) is 0 Å². The molecular weight excluding hydrogens is 246 g/mol. The lowest BCUT2D eigenvalue weighted by Crippen LogP contribution is -2.39. The van der Waals surface area contributed by atoms with E-state index in [0.29, 0.717) is 0 Å². The highest BCUT2D eigenvalue weighted by molar-refractivity contribution is 7.98. The van der Waals surface area contributed by atoms with Gasteiger partial charge in [0.25, 0.3) is 0 Å². The van der Waals surface area contributed by atoms with Crippen LogP contribution < -0.4 is 10.1 Å². The van der Waals surface area contributed by atoms with Crippen LogP contribution in [-0.4, -0.2) is 30.6 Å². The first-order valence-corrected chi connectivity index (χ1v) is 7.31. The van der Waals surface area contributed by atoms with E-state index < -0.39 is 0 Å². The number of methoxy groups -OCH3 is 1. The fourth-order valence-corrected chi connectivity index (χ4v) is 2.32. The summed E-state index contributed by atoms with van der Waals surface area (Å²) in [5, 5.41) is 12.4. The molecule has 0 saturated heterocycles. The maximum atomic E-state index is 8.99. The van der Waals surface area contributed by atoms with Gasteiger partial charge < -0.3 is 15.2 Å². The number of hydrogen-bond donors (Lipinski definition) is 2. The Hall–Kier alpha value is -0.710. The monoisotopic (exact) mass is 269 g/mol. The van der Waals surface area contributed by atoms with Crippen LogP contribution in [0.1, 0.15) is 25.8 Å². The molecule has 0 aromatic heterocycles. The Morgan fingerprint density at radius 1 is 1.39 bits per heavy atom. The van der Waals surface area contributed by atoms with Gasteiger partial charge in [-0.15, -0.1) is 11.8 Å². The van der Waals surface area contributed by atoms with Crippen LogP contribution in [0.4, 0.5) is 0 Å². The minimum atomic E-state index is -0.0474. The molecule has 0 aliphatic heterocycles. The molecule has 0 saturated carbocycles. The number of rotatable bonds is 7. The van der Waals surface area contributed by atoms with Crippen LogP contribution in [0.2, 0.25) is 0 Å². The van der Waals surface area contributed by atoms with E-state index in [9.17, 15) is 0 Å². The first-order chi connectivity index (χ1) is 8.52. The third-order valence-corrected chi connectivity index (χ3v) is 3.71. The summed E-state index contributed by atoms with van der Waals surface area (Å²) < 4.78 is 5.30. The first kappa shape index (κ1) is 15.3. The van der Waals surface area contributed by atoms with Gasteiger partial charge in [-0.25, -0.2) is 0 Å². The van der Waals surface area contributed by atoms with Crippen LogP contribution in [0.5, 0.6) is 5.75 Å². The second-order valence-corrected chi connectivity index (χ2v) is 5.75. The van der Waals surface area contributed by atoms with Gasteiger partial charge in [-0.05, 0) is 44.2 Å². The number of thioether (sulfide) groups is 1. The standard InChI is InChI=1S/C14H23NO2S/c1-14(2,7-8-16)15-10-11-5-6-12(17-3)13(9-11)18-4/h5-6,9,15-16H,7-8,10H2,1-4H3. The zero-order valence-corrected chi connectivity index (χ0v) is 12.4. The van der Waals surface area contributed by atoms with Gasteiger partial charge in [-0.2, -0.15) is 0 Å². The average molecular weight is 269 g/mol. The fraction of sp³-hybridized carbons (Fsp3) is 0.571. The molecule has 4 heteroatoms. The lowest BCUT2D eigenvalue weighted by atomic mass is 10.0. The molecule has 0 spiro atoms. The van der Waals surface area contributed by atoms with E-state index >= 15 is 0 Å². The number of aliphatic hydroxyl groups is 1. The second-order valence-electron chi connectivity index (χ2n) is 4.90. The third-order valence-electron chi connectivity index (χ3n) is 2.96. The normalized spacial score (nSPS) is 11.6. The molecule has 0 bridgehead atoms. The van der Waals surface area contributed by atoms with Crippen LogP contribution in [-0.2, 0) is 6.54 Å². The Balaban J connectivity index is 2.68. The number of benzene rings is 1. The van der Waals surface area contributed by atoms with Gasteiger partial charge >= 0.3 is 0 Å². The van der Waals surface area contributed by atoms with Gasteiger partial charge in [0.1, 0.15) is 5.75 Å². The van der Waals surface area contributed by atoms with Crippen molar-refractivity contribution in [3.8, 4) is 5.75 Å². The SMILES string of the molecule is COc1ccc(CNC(C)(C)CCO)cc1SC. The van der Waals surface area contributed by atoms with Crippen molar-refractivity contribution in [2.45, 2.75) is 37.2 Å². The summed E-state index contributed by atoms with van der Waals surface area (Å²) in [6.07, 6.45) is 2.79. The van der Waals surface area contributed by atoms with Gasteiger partial charge in [0, 0.05) is 23.6 Å². The summed E-state index contributed by atoms with van der Waals surface area (Å²) in [5.74, 6) is 0.917. The quantitative estimate of drug-likeness (QED) is 0.747. The predicted molar refractivity (Wildman–Crippen MR) is 77.4 cm³/mol. The van der Waals surface area contributed by atoms with E-state index in [2.05, 4.69) is 31.3 Å². The average Bonchev–Trinajstić information content (AvgIpc) is 2.36. The molecule has 0 unspecified atom stereocenters. The van der Waals surface area contributed by atoms with Crippen molar-refractivity contribution in [1.82, 2.24) is 5.32 Å². The third kappa shape index (κ3) is 4.52. The first-order valence-electron chi connectivity index (χ1n) is 6.09. The molecule has 102 valence electrons. The minimum absolute atomic E-state index is 0.0474. The van der Waals surface area contributed by atoms with Crippen molar-refractivity contribution in [2.75, 3.05) is 20.0 Å². The van der Waals surface area contributed by atoms with Gasteiger partial charge in [0.05, 0.1) is 7.11 Å². The van der Waals surface area contributed by atoms with Crippen LogP contribution >= 0.6 is 11.8 Å². The molecule has 0 heterocycles. The molecule has 0 aliphatic carbocycles. The van der Waals surface area contributed by atoms with Gasteiger partial charge in [0.2, 0.25) is 0 Å². The highest BCUT2D eigenvalue weighted by Crippen LogP contribution is 2.28. The Bertz CT molecular complexity index is 380. The summed E-state index contributed by atoms with van der Waals surface area (Å²) in [7, 11) is 1.69. The fourth-order valence-electron chi connectivity index (χ4n) is 1.70. The van der Waals surface area contributed by atoms with E-state index in [-0.39, 0.29) is 12.1 Å². The number of nitrogens with one attached hydrogen (secondary N) is 1. The summed E-state index contributed by atoms with van der Waals surface area (Å²) >= 11 is 1.69. The maximum absolute atomic E-state index is 8.99. The summed E-state index contributed by atoms with van der Waals surface area (Å²) in [6, 6.07) is 6.22. The zero-order chi connectivity index (χ0) is 13.6. The highest BCUT2D eigenvalue weighted by Gasteiger charge is 2.15. The predicted octanol–water partition coefficient (Wildman–Crippen LogP) is 2.67. The second kappa shape index (κ2) is 7.02. The molecule has 3 nitrogen and oxygen atoms in total. The van der Waals surface area contributed by atoms with Gasteiger partial charge in [-0.1, -0.05) is 6.07 Å². The molecule has 2 N–H and O–H groups in total. The molecule has 1 rings (SSSR count). The van der Waals surface area contributed by atoms with E-state index in [0.717, 1.165) is 23.6 Å². The summed E-state index contributed by atoms with van der Waals surface area (Å²) in [5.41, 5.74) is 1.18. The van der Waals surface area contributed by atoms with Gasteiger partial charge in [0.15, 0.2) is 0 Å². The van der Waals surface area contributed by atoms with E-state index in [1.165, 1.54) is 5.56 Å². The Kier molecular flexibility index (Phi) is 5.99. The molecule has 0 atom stereocenters. The lowest BCUT2D eigenvalue weighted by molar-refractivity contribution is 0.230. The Labute approximate surface area is 114 Å². The summed E-state index contributed by atoms with van der Waals surface area (Å²) in [4.78, 5) is 1.15. The van der Waals surface area contributed by atoms with Crippen molar-refractivity contribution in [3.63, 3.8) is 0 Å². The molecule has 1 aromatic rings. The van der Waals surface area contributed by atoms with Crippen molar-refractivity contribution >= 4 is 11.8 Å². The molecular formula is C14H23NO2S. The minimum Gasteiger partial charge on any atom is -0.496 e. The van der Waals surface area contributed by atoms with E-state index in [4.69, 9.17) is 9.84 Å². The van der Waals surface area contributed by atoms with Crippen molar-refractivity contribution in [2.24, 2.45) is 0 Å². The van der Waals surface area contributed by atoms with Crippen molar-refractivity contribution < 1.29 is 9.84 Å². The lowest BCUT2D eigenvalue weighted by Gasteiger charge is -2.25. The van der Waals surface area contributed by atoms with Crippen molar-refractivity contribution in [1.29, 1.82) is 0 Å². The largest absolute Gasteiger partial charge is 0.496 e. The molecule has 0 fully saturated rings. The number of aliphatic hydroxyl groups excluding tert-OH is 1. The molecule has 1 aromatic carbocycles. The summed E-state index contributed by atoms with van der Waals surface area (Å²) in [6.45, 7) is 5.20.